The molecule has 0 aromatic rings. The molecule has 3 saturated heterocycles. The Morgan fingerprint density at radius 3 is 1.33 bits per heavy atom. The van der Waals surface area contributed by atoms with Crippen LogP contribution in [0.25, 0.3) is 0 Å². The second kappa shape index (κ2) is 17.4. The predicted octanol–water partition coefficient (Wildman–Crippen LogP) is 8.11. The van der Waals surface area contributed by atoms with Gasteiger partial charge >= 0.3 is 23.9 Å². The number of aliphatic hydroxyl groups excluding tert-OH is 1. The highest BCUT2D eigenvalue weighted by Crippen LogP contribution is 2.55. The van der Waals surface area contributed by atoms with Gasteiger partial charge in [-0.3, -0.25) is 14.4 Å². The summed E-state index contributed by atoms with van der Waals surface area (Å²) in [6.45, 7) is 4.95. The minimum Gasteiger partial charge on any atom is -0.466 e. The zero-order valence-electron chi connectivity index (χ0n) is 31.6. The van der Waals surface area contributed by atoms with E-state index in [9.17, 15) is 19.2 Å². The average Bonchev–Trinajstić information content (AvgIpc) is 4.03. The number of allylic oxidation sites excluding steroid dienone is 2. The molecule has 6 aliphatic carbocycles. The van der Waals surface area contributed by atoms with Crippen molar-refractivity contribution in [3.05, 3.63) is 24.3 Å². The Morgan fingerprint density at radius 1 is 0.608 bits per heavy atom. The monoisotopic (exact) mass is 712 g/mol. The van der Waals surface area contributed by atoms with Gasteiger partial charge in [-0.1, -0.05) is 44.4 Å². The zero-order chi connectivity index (χ0) is 36.6. The van der Waals surface area contributed by atoms with Crippen LogP contribution in [-0.2, 0) is 38.1 Å². The second-order valence-electron chi connectivity index (χ2n) is 16.5. The van der Waals surface area contributed by atoms with Crippen LogP contribution in [0, 0.1) is 35.5 Å². The maximum atomic E-state index is 11.7. The SMILES string of the molecule is C=C(C)C(=O)OC.CO.O=C1OC2(CCCC2)C2CC=CCC12.O=C1OC2(CCCC2)C2CCCCC12.O=C1OC2(CCCC2)C2CCCCC12. The number of methoxy groups -OCH3 is 1. The number of ether oxygens (including phenoxy) is 4. The zero-order valence-corrected chi connectivity index (χ0v) is 31.6. The number of carbonyl (C=O) groups is 4. The molecule has 3 spiro atoms. The molecular formula is C42H64O9. The Hall–Kier alpha value is -2.68. The number of esters is 4. The smallest absolute Gasteiger partial charge is 0.332 e. The first-order chi connectivity index (χ1) is 24.6. The van der Waals surface area contributed by atoms with Crippen molar-refractivity contribution >= 4 is 23.9 Å². The number of fused-ring (bicyclic) bond motifs is 6. The van der Waals surface area contributed by atoms with E-state index in [0.29, 0.717) is 23.3 Å². The number of hydrogen-bond donors (Lipinski definition) is 1. The van der Waals surface area contributed by atoms with Crippen molar-refractivity contribution in [1.82, 2.24) is 0 Å². The van der Waals surface area contributed by atoms with Crippen molar-refractivity contribution < 1.29 is 43.2 Å². The largest absolute Gasteiger partial charge is 0.466 e. The molecule has 0 aromatic carbocycles. The van der Waals surface area contributed by atoms with Crippen LogP contribution in [0.3, 0.4) is 0 Å². The highest BCUT2D eigenvalue weighted by molar-refractivity contribution is 5.86. The van der Waals surface area contributed by atoms with Gasteiger partial charge in [-0.15, -0.1) is 0 Å². The van der Waals surface area contributed by atoms with Crippen LogP contribution >= 0.6 is 0 Å². The summed E-state index contributed by atoms with van der Waals surface area (Å²) in [5, 5.41) is 7.00. The second-order valence-corrected chi connectivity index (χ2v) is 16.5. The van der Waals surface area contributed by atoms with E-state index in [1.165, 1.54) is 84.2 Å². The van der Waals surface area contributed by atoms with E-state index in [2.05, 4.69) is 23.5 Å². The number of hydrogen-bond acceptors (Lipinski definition) is 9. The summed E-state index contributed by atoms with van der Waals surface area (Å²) < 4.78 is 21.4. The molecule has 3 aliphatic heterocycles. The summed E-state index contributed by atoms with van der Waals surface area (Å²) in [6, 6.07) is 0. The van der Waals surface area contributed by atoms with Gasteiger partial charge in [-0.25, -0.2) is 4.79 Å². The molecular weight excluding hydrogens is 648 g/mol. The Labute approximate surface area is 305 Å². The summed E-state index contributed by atoms with van der Waals surface area (Å²) in [6.07, 6.45) is 30.3. The Balaban J connectivity index is 0.000000133. The minimum atomic E-state index is -0.347. The molecule has 6 atom stereocenters. The Bertz CT molecular complexity index is 1210. The van der Waals surface area contributed by atoms with E-state index in [-0.39, 0.29) is 58.4 Å². The van der Waals surface area contributed by atoms with Crippen LogP contribution in [0.5, 0.6) is 0 Å². The maximum Gasteiger partial charge on any atom is 0.332 e. The number of rotatable bonds is 1. The molecule has 51 heavy (non-hydrogen) atoms. The van der Waals surface area contributed by atoms with Crippen LogP contribution in [0.2, 0.25) is 0 Å². The van der Waals surface area contributed by atoms with Crippen molar-refractivity contribution in [2.45, 2.75) is 165 Å². The van der Waals surface area contributed by atoms with Crippen LogP contribution in [0.4, 0.5) is 0 Å². The van der Waals surface area contributed by atoms with Crippen LogP contribution < -0.4 is 0 Å². The molecule has 0 bridgehead atoms. The lowest BCUT2D eigenvalue weighted by Crippen LogP contribution is -2.35. The topological polar surface area (TPSA) is 125 Å². The normalized spacial score (nSPS) is 33.7. The maximum absolute atomic E-state index is 11.7. The molecule has 0 radical (unpaired) electrons. The fourth-order valence-electron chi connectivity index (χ4n) is 11.3. The predicted molar refractivity (Wildman–Crippen MR) is 193 cm³/mol. The molecule has 9 aliphatic rings. The molecule has 6 unspecified atom stereocenters. The highest BCUT2D eigenvalue weighted by Gasteiger charge is 2.58. The summed E-state index contributed by atoms with van der Waals surface area (Å²) in [7, 11) is 2.33. The lowest BCUT2D eigenvalue weighted by Gasteiger charge is -2.32. The van der Waals surface area contributed by atoms with Gasteiger partial charge < -0.3 is 24.1 Å². The van der Waals surface area contributed by atoms with E-state index in [0.717, 1.165) is 71.3 Å². The van der Waals surface area contributed by atoms with Gasteiger partial charge in [0, 0.05) is 30.4 Å². The molecule has 5 saturated carbocycles. The molecule has 286 valence electrons. The fraction of sp³-hybridized carbons (Fsp3) is 0.810. The summed E-state index contributed by atoms with van der Waals surface area (Å²) in [5.74, 6) is 2.32. The standard InChI is InChI=1S/2C12H18O2.C12H16O2.C5H8O2.CH4O/c3*13-11-9-5-1-2-6-10(9)12(14-11)7-3-4-8-12;1-4(2)5(6)7-3;1-2/h2*9-10H,1-8H2;1-2,9-10H,3-8H2;1H2,2-3H3;2H,1H3. The molecule has 9 rings (SSSR count). The molecule has 0 aromatic heterocycles. The summed E-state index contributed by atoms with van der Waals surface area (Å²) in [4.78, 5) is 45.4. The van der Waals surface area contributed by atoms with Gasteiger partial charge in [-0.2, -0.15) is 0 Å². The number of carbonyl (C=O) groups excluding carboxylic acids is 4. The van der Waals surface area contributed by atoms with Crippen molar-refractivity contribution in [1.29, 1.82) is 0 Å². The average molecular weight is 713 g/mol. The van der Waals surface area contributed by atoms with Crippen LogP contribution in [-0.4, -0.2) is 60.0 Å². The third-order valence-corrected chi connectivity index (χ3v) is 13.7. The lowest BCUT2D eigenvalue weighted by molar-refractivity contribution is -0.151. The van der Waals surface area contributed by atoms with E-state index in [1.54, 1.807) is 6.92 Å². The van der Waals surface area contributed by atoms with Gasteiger partial charge in [-0.05, 0) is 122 Å². The van der Waals surface area contributed by atoms with Crippen LogP contribution in [0.1, 0.15) is 148 Å². The molecule has 3 heterocycles. The number of aliphatic hydroxyl groups is 1. The summed E-state index contributed by atoms with van der Waals surface area (Å²) >= 11 is 0. The molecule has 8 fully saturated rings. The van der Waals surface area contributed by atoms with Crippen molar-refractivity contribution in [2.24, 2.45) is 35.5 Å². The minimum absolute atomic E-state index is 0.00215. The first-order valence-corrected chi connectivity index (χ1v) is 20.2. The fourth-order valence-corrected chi connectivity index (χ4v) is 11.3. The summed E-state index contributed by atoms with van der Waals surface area (Å²) in [5.41, 5.74) is 0.388. The first kappa shape index (κ1) is 39.5. The molecule has 9 heteroatoms. The van der Waals surface area contributed by atoms with Crippen LogP contribution in [0.15, 0.2) is 24.3 Å². The molecule has 1 N–H and O–H groups in total. The lowest BCUT2D eigenvalue weighted by atomic mass is 9.72. The van der Waals surface area contributed by atoms with Gasteiger partial charge in [0.25, 0.3) is 0 Å². The van der Waals surface area contributed by atoms with E-state index in [1.807, 2.05) is 0 Å². The third-order valence-electron chi connectivity index (χ3n) is 13.7. The molecule has 9 nitrogen and oxygen atoms in total. The van der Waals surface area contributed by atoms with E-state index in [4.69, 9.17) is 19.3 Å². The van der Waals surface area contributed by atoms with Gasteiger partial charge in [0.1, 0.15) is 16.8 Å². The Kier molecular flexibility index (Phi) is 13.5. The highest BCUT2D eigenvalue weighted by atomic mass is 16.6. The van der Waals surface area contributed by atoms with Crippen molar-refractivity contribution in [2.75, 3.05) is 14.2 Å². The molecule has 0 amide bonds. The quantitative estimate of drug-likeness (QED) is 0.124. The van der Waals surface area contributed by atoms with Gasteiger partial charge in [0.2, 0.25) is 0 Å². The van der Waals surface area contributed by atoms with E-state index >= 15 is 0 Å². The third kappa shape index (κ3) is 8.28. The first-order valence-electron chi connectivity index (χ1n) is 20.2. The van der Waals surface area contributed by atoms with Crippen molar-refractivity contribution in [3.8, 4) is 0 Å². The van der Waals surface area contributed by atoms with Gasteiger partial charge in [0.15, 0.2) is 0 Å². The van der Waals surface area contributed by atoms with Crippen molar-refractivity contribution in [3.63, 3.8) is 0 Å². The Morgan fingerprint density at radius 2 is 0.961 bits per heavy atom. The van der Waals surface area contributed by atoms with E-state index < -0.39 is 0 Å². The van der Waals surface area contributed by atoms with Gasteiger partial charge in [0.05, 0.1) is 24.9 Å².